The van der Waals surface area contributed by atoms with E-state index in [9.17, 15) is 14.9 Å². The van der Waals surface area contributed by atoms with Crippen LogP contribution in [0.5, 0.6) is 0 Å². The molecule has 0 radical (unpaired) electrons. The zero-order valence-corrected chi connectivity index (χ0v) is 28.1. The highest BCUT2D eigenvalue weighted by molar-refractivity contribution is 6.74. The number of ether oxygens (including phenoxy) is 1. The molecule has 1 aromatic heterocycles. The fraction of sp³-hybridized carbons (Fsp3) is 0.400. The van der Waals surface area contributed by atoms with Crippen molar-refractivity contribution in [3.63, 3.8) is 0 Å². The monoisotopic (exact) mass is 628 g/mol. The Bertz CT molecular complexity index is 1660. The summed E-state index contributed by atoms with van der Waals surface area (Å²) in [6.45, 7) is 15.2. The quantitative estimate of drug-likeness (QED) is 0.104. The number of aromatic amines is 1. The molecule has 0 spiro atoms. The van der Waals surface area contributed by atoms with Gasteiger partial charge in [-0.25, -0.2) is 4.79 Å². The molecule has 1 aliphatic heterocycles. The molecule has 45 heavy (non-hydrogen) atoms. The highest BCUT2D eigenvalue weighted by Gasteiger charge is 2.40. The van der Waals surface area contributed by atoms with Crippen LogP contribution in [0, 0.1) is 17.0 Å². The fourth-order valence-electron chi connectivity index (χ4n) is 5.68. The molecule has 0 bridgehead atoms. The molecule has 0 saturated carbocycles. The van der Waals surface area contributed by atoms with Crippen LogP contribution in [0.25, 0.3) is 10.9 Å². The molecule has 2 heterocycles. The van der Waals surface area contributed by atoms with Crippen molar-refractivity contribution in [2.24, 2.45) is 0 Å². The van der Waals surface area contributed by atoms with Gasteiger partial charge in [-0.1, -0.05) is 69.3 Å². The van der Waals surface area contributed by atoms with E-state index in [0.717, 1.165) is 52.8 Å². The Morgan fingerprint density at radius 3 is 2.60 bits per heavy atom. The van der Waals surface area contributed by atoms with Crippen LogP contribution in [-0.4, -0.2) is 43.5 Å². The number of aromatic nitrogens is 1. The average Bonchev–Trinajstić information content (AvgIpc) is 3.63. The summed E-state index contributed by atoms with van der Waals surface area (Å²) in [6, 6.07) is 20.1. The first-order valence-corrected chi connectivity index (χ1v) is 18.5. The standard InChI is InChI=1S/C35H44N4O5Si/c1-24-26(13-10-14-31(24)37-34(40)43-23-25-11-8-7-9-12-25)19-33(39(41)42)30-21-36-32-20-27(15-16-29(30)32)38-18-17-28(22-38)44-45(5,6)35(2,3)4/h7-16,20-21,28,33,36H,17-19,22-23H2,1-6H3,(H,37,40). The Morgan fingerprint density at radius 2 is 1.89 bits per heavy atom. The summed E-state index contributed by atoms with van der Waals surface area (Å²) in [6.07, 6.45) is 2.56. The van der Waals surface area contributed by atoms with Gasteiger partial charge in [-0.05, 0) is 66.4 Å². The number of nitrogens with one attached hydrogen (secondary N) is 2. The van der Waals surface area contributed by atoms with E-state index in [4.69, 9.17) is 9.16 Å². The second-order valence-electron chi connectivity index (χ2n) is 13.5. The summed E-state index contributed by atoms with van der Waals surface area (Å²) >= 11 is 0. The first kappa shape index (κ1) is 32.2. The minimum Gasteiger partial charge on any atom is -0.444 e. The molecule has 9 nitrogen and oxygen atoms in total. The summed E-state index contributed by atoms with van der Waals surface area (Å²) in [4.78, 5) is 30.3. The largest absolute Gasteiger partial charge is 0.444 e. The number of carbonyl (C=O) groups is 1. The Morgan fingerprint density at radius 1 is 1.13 bits per heavy atom. The lowest BCUT2D eigenvalue weighted by molar-refractivity contribution is -0.528. The molecule has 1 fully saturated rings. The van der Waals surface area contributed by atoms with Crippen LogP contribution in [0.1, 0.15) is 55.5 Å². The van der Waals surface area contributed by atoms with Crippen molar-refractivity contribution in [1.82, 2.24) is 4.98 Å². The number of amides is 1. The topological polar surface area (TPSA) is 110 Å². The van der Waals surface area contributed by atoms with Gasteiger partial charge in [-0.2, -0.15) is 0 Å². The number of nitrogens with zero attached hydrogens (tertiary/aromatic N) is 2. The van der Waals surface area contributed by atoms with E-state index < -0.39 is 20.5 Å². The molecule has 2 N–H and O–H groups in total. The Kier molecular flexibility index (Phi) is 9.36. The van der Waals surface area contributed by atoms with Crippen molar-refractivity contribution in [2.75, 3.05) is 23.3 Å². The van der Waals surface area contributed by atoms with Crippen molar-refractivity contribution in [2.45, 2.75) is 77.4 Å². The maximum atomic E-state index is 12.5. The minimum atomic E-state index is -1.85. The van der Waals surface area contributed by atoms with Gasteiger partial charge >= 0.3 is 6.09 Å². The van der Waals surface area contributed by atoms with Crippen molar-refractivity contribution in [1.29, 1.82) is 0 Å². The lowest BCUT2D eigenvalue weighted by Crippen LogP contribution is -2.44. The number of benzene rings is 3. The van der Waals surface area contributed by atoms with Gasteiger partial charge in [0.05, 0.1) is 11.7 Å². The lowest BCUT2D eigenvalue weighted by Gasteiger charge is -2.38. The summed E-state index contributed by atoms with van der Waals surface area (Å²) in [5.74, 6) is 0. The molecule has 4 aromatic rings. The van der Waals surface area contributed by atoms with Crippen LogP contribution in [-0.2, 0) is 22.2 Å². The number of H-pyrrole nitrogens is 1. The maximum Gasteiger partial charge on any atom is 0.411 e. The van der Waals surface area contributed by atoms with Gasteiger partial charge in [0.1, 0.15) is 6.61 Å². The maximum absolute atomic E-state index is 12.5. The number of hydrogen-bond acceptors (Lipinski definition) is 6. The third kappa shape index (κ3) is 7.40. The van der Waals surface area contributed by atoms with Crippen LogP contribution in [0.15, 0.2) is 72.9 Å². The van der Waals surface area contributed by atoms with E-state index in [2.05, 4.69) is 61.2 Å². The van der Waals surface area contributed by atoms with E-state index in [-0.39, 0.29) is 29.1 Å². The predicted octanol–water partition coefficient (Wildman–Crippen LogP) is 8.39. The van der Waals surface area contributed by atoms with Crippen molar-refractivity contribution >= 4 is 36.7 Å². The van der Waals surface area contributed by atoms with Crippen molar-refractivity contribution in [3.8, 4) is 0 Å². The van der Waals surface area contributed by atoms with Gasteiger partial charge < -0.3 is 19.0 Å². The van der Waals surface area contributed by atoms with Gasteiger partial charge in [0.2, 0.25) is 6.04 Å². The Balaban J connectivity index is 1.28. The van der Waals surface area contributed by atoms with E-state index in [0.29, 0.717) is 11.3 Å². The minimum absolute atomic E-state index is 0.153. The van der Waals surface area contributed by atoms with Gasteiger partial charge in [-0.3, -0.25) is 15.4 Å². The first-order valence-electron chi connectivity index (χ1n) is 15.6. The smallest absolute Gasteiger partial charge is 0.411 e. The van der Waals surface area contributed by atoms with Crippen LogP contribution < -0.4 is 10.2 Å². The zero-order valence-electron chi connectivity index (χ0n) is 27.1. The van der Waals surface area contributed by atoms with E-state index in [1.54, 1.807) is 18.3 Å². The van der Waals surface area contributed by atoms with Gasteiger partial charge in [0.25, 0.3) is 0 Å². The summed E-state index contributed by atoms with van der Waals surface area (Å²) in [5, 5.41) is 16.2. The predicted molar refractivity (Wildman–Crippen MR) is 182 cm³/mol. The van der Waals surface area contributed by atoms with E-state index in [1.807, 2.05) is 49.4 Å². The number of hydrogen-bond donors (Lipinski definition) is 2. The van der Waals surface area contributed by atoms with Crippen LogP contribution in [0.3, 0.4) is 0 Å². The Labute approximate surface area is 266 Å². The van der Waals surface area contributed by atoms with Gasteiger partial charge in [-0.15, -0.1) is 0 Å². The number of nitro groups is 1. The number of carbonyl (C=O) groups excluding carboxylic acids is 1. The van der Waals surface area contributed by atoms with E-state index in [1.165, 1.54) is 0 Å². The molecule has 3 aromatic carbocycles. The normalized spacial score (nSPS) is 16.1. The highest BCUT2D eigenvalue weighted by Crippen LogP contribution is 2.39. The molecule has 1 saturated heterocycles. The molecule has 0 aliphatic carbocycles. The van der Waals surface area contributed by atoms with Crippen LogP contribution >= 0.6 is 0 Å². The molecule has 2 atom stereocenters. The number of fused-ring (bicyclic) bond motifs is 1. The second-order valence-corrected chi connectivity index (χ2v) is 18.2. The van der Waals surface area contributed by atoms with Crippen LogP contribution in [0.2, 0.25) is 18.1 Å². The fourth-order valence-corrected chi connectivity index (χ4v) is 7.06. The molecular formula is C35H44N4O5Si. The number of anilines is 2. The molecule has 5 rings (SSSR count). The lowest BCUT2D eigenvalue weighted by atomic mass is 9.95. The summed E-state index contributed by atoms with van der Waals surface area (Å²) < 4.78 is 12.0. The molecule has 2 unspecified atom stereocenters. The Hall–Kier alpha value is -4.15. The summed E-state index contributed by atoms with van der Waals surface area (Å²) in [5.41, 5.74) is 5.61. The average molecular weight is 629 g/mol. The SMILES string of the molecule is Cc1c(CC(c2c[nH]c3cc(N4CCC(O[Si](C)(C)C(C)(C)C)C4)ccc23)[N+](=O)[O-])cccc1NC(=O)OCc1ccccc1. The van der Waals surface area contributed by atoms with Gasteiger partial charge in [0, 0.05) is 52.9 Å². The van der Waals surface area contributed by atoms with Crippen molar-refractivity contribution < 1.29 is 18.9 Å². The first-order chi connectivity index (χ1) is 21.3. The molecule has 238 valence electrons. The van der Waals surface area contributed by atoms with Gasteiger partial charge in [0.15, 0.2) is 8.32 Å². The number of rotatable bonds is 10. The molecule has 1 amide bonds. The van der Waals surface area contributed by atoms with Crippen molar-refractivity contribution in [3.05, 3.63) is 105 Å². The molecule has 10 heteroatoms. The third-order valence-electron chi connectivity index (χ3n) is 9.40. The van der Waals surface area contributed by atoms with E-state index >= 15 is 0 Å². The van der Waals surface area contributed by atoms with Crippen LogP contribution in [0.4, 0.5) is 16.2 Å². The second kappa shape index (κ2) is 13.1. The third-order valence-corrected chi connectivity index (χ3v) is 13.9. The summed E-state index contributed by atoms with van der Waals surface area (Å²) in [7, 11) is -1.85. The zero-order chi connectivity index (χ0) is 32.4. The molecule has 1 aliphatic rings. The highest BCUT2D eigenvalue weighted by atomic mass is 28.4. The molecular weight excluding hydrogens is 584 g/mol.